The van der Waals surface area contributed by atoms with Crippen LogP contribution in [0.2, 0.25) is 0 Å². The predicted octanol–water partition coefficient (Wildman–Crippen LogP) is 25.5. The second-order valence-corrected chi connectivity index (χ2v) is 39.3. The van der Waals surface area contributed by atoms with Gasteiger partial charge in [-0.2, -0.15) is 0 Å². The van der Waals surface area contributed by atoms with Gasteiger partial charge in [0, 0.05) is 95.6 Å². The number of benzene rings is 5. The van der Waals surface area contributed by atoms with E-state index >= 15 is 0 Å². The van der Waals surface area contributed by atoms with Gasteiger partial charge in [-0.05, 0) is 256 Å². The SMILES string of the molecule is Cc1ccc(-c2cc3c(c[n+]2C)C(C)(C)CCC3(C)C)c(C)c1.Cc1ccc(-c2ccc(C(C(C)C)C(C)C)c[n+]2C)c(C)c1.Cc1ccccc1-c1cc2c(c[n+]1C)C(C)(C)CCC2(C)C.[2H]C([2H])([2H])c1ccc(-c2cc3c(c[n+]2C)C(C)(C)CCC3(C)C)c(C)c1.[2H]C([2H])([2H])c1ccc(-c2ccc(C([2H])(C(C)C)C(C)C)c[n+]2C)c(C)c1. The fraction of sp³-hybridized carbons (Fsp3) is 0.486. The second-order valence-electron chi connectivity index (χ2n) is 39.3. The maximum Gasteiger partial charge on any atom is 0.212 e. The highest BCUT2D eigenvalue weighted by molar-refractivity contribution is 5.67. The Kier molecular flexibility index (Phi) is 24.0. The van der Waals surface area contributed by atoms with Crippen molar-refractivity contribution in [2.75, 3.05) is 0 Å². The Bertz CT molecular complexity index is 5310. The lowest BCUT2D eigenvalue weighted by Crippen LogP contribution is -2.40. The number of fused-ring (bicyclic) bond motifs is 3. The Morgan fingerprint density at radius 1 is 0.277 bits per heavy atom. The van der Waals surface area contributed by atoms with Gasteiger partial charge in [-0.25, -0.2) is 22.8 Å². The summed E-state index contributed by atoms with van der Waals surface area (Å²) in [6.45, 7) is 56.8. The number of nitrogens with zero attached hydrogens (tertiary/aromatic N) is 5. The van der Waals surface area contributed by atoms with Crippen molar-refractivity contribution in [1.29, 1.82) is 0 Å². The van der Waals surface area contributed by atoms with E-state index < -0.39 is 19.6 Å². The Balaban J connectivity index is 0.000000170. The molecule has 5 aromatic carbocycles. The molecule has 0 amide bonds. The number of aryl methyl sites for hydroxylation is 14. The van der Waals surface area contributed by atoms with Gasteiger partial charge in [-0.15, -0.1) is 0 Å². The van der Waals surface area contributed by atoms with E-state index in [0.717, 1.165) is 39.2 Å². The first kappa shape index (κ1) is 77.8. The van der Waals surface area contributed by atoms with Gasteiger partial charge in [0.15, 0.2) is 31.0 Å². The number of hydrogen-bond acceptors (Lipinski definition) is 0. The molecule has 0 unspecified atom stereocenters. The van der Waals surface area contributed by atoms with Crippen molar-refractivity contribution in [3.05, 3.63) is 265 Å². The third kappa shape index (κ3) is 19.6. The fourth-order valence-corrected chi connectivity index (χ4v) is 18.7. The molecule has 596 valence electrons. The number of aromatic nitrogens is 5. The van der Waals surface area contributed by atoms with Crippen molar-refractivity contribution in [3.63, 3.8) is 0 Å². The maximum atomic E-state index is 9.01. The van der Waals surface area contributed by atoms with Crippen molar-refractivity contribution in [3.8, 4) is 56.3 Å². The van der Waals surface area contributed by atoms with Gasteiger partial charge >= 0.3 is 0 Å². The molecular formula is C107H148N5+5. The van der Waals surface area contributed by atoms with Gasteiger partial charge in [0.05, 0.1) is 0 Å². The minimum atomic E-state index is -2.09. The van der Waals surface area contributed by atoms with Crippen molar-refractivity contribution in [1.82, 2.24) is 0 Å². The monoisotopic (exact) mass is 1510 g/mol. The summed E-state index contributed by atoms with van der Waals surface area (Å²) in [5.41, 5.74) is 34.4. The molecule has 112 heavy (non-hydrogen) atoms. The normalized spacial score (nSPS) is 17.2. The lowest BCUT2D eigenvalue weighted by atomic mass is 9.63. The lowest BCUT2D eigenvalue weighted by Gasteiger charge is -2.40. The summed E-state index contributed by atoms with van der Waals surface area (Å²) < 4.78 is 65.8. The fourth-order valence-electron chi connectivity index (χ4n) is 18.7. The van der Waals surface area contributed by atoms with E-state index in [9.17, 15) is 0 Å². The van der Waals surface area contributed by atoms with Crippen LogP contribution in [0.3, 0.4) is 0 Å². The molecule has 13 rings (SSSR count). The van der Waals surface area contributed by atoms with Gasteiger partial charge in [-0.3, -0.25) is 0 Å². The van der Waals surface area contributed by atoms with Crippen LogP contribution in [0.5, 0.6) is 0 Å². The van der Waals surface area contributed by atoms with Gasteiger partial charge in [0.1, 0.15) is 35.2 Å². The molecule has 3 aliphatic carbocycles. The summed E-state index contributed by atoms with van der Waals surface area (Å²) in [6.07, 6.45) is 18.8. The summed E-state index contributed by atoms with van der Waals surface area (Å²) in [5, 5.41) is 0. The lowest BCUT2D eigenvalue weighted by molar-refractivity contribution is -0.661. The number of pyridine rings is 5. The van der Waals surface area contributed by atoms with Crippen molar-refractivity contribution in [2.24, 2.45) is 58.9 Å². The average Bonchev–Trinajstić information content (AvgIpc) is 0.749. The first-order chi connectivity index (χ1) is 54.9. The molecule has 3 aliphatic rings. The van der Waals surface area contributed by atoms with Crippen LogP contribution in [0.25, 0.3) is 56.3 Å². The van der Waals surface area contributed by atoms with E-state index in [1.54, 1.807) is 24.3 Å². The van der Waals surface area contributed by atoms with Gasteiger partial charge in [-0.1, -0.05) is 227 Å². The van der Waals surface area contributed by atoms with E-state index in [0.29, 0.717) is 28.9 Å². The zero-order chi connectivity index (χ0) is 88.9. The van der Waals surface area contributed by atoms with Crippen LogP contribution in [0.4, 0.5) is 0 Å². The van der Waals surface area contributed by atoms with Crippen molar-refractivity contribution >= 4 is 0 Å². The Morgan fingerprint density at radius 3 is 0.839 bits per heavy atom. The molecule has 0 aliphatic heterocycles. The number of rotatable bonds is 11. The molecule has 5 heteroatoms. The van der Waals surface area contributed by atoms with E-state index in [1.165, 1.54) is 139 Å². The van der Waals surface area contributed by atoms with Gasteiger partial charge < -0.3 is 0 Å². The molecule has 0 radical (unpaired) electrons. The van der Waals surface area contributed by atoms with Crippen LogP contribution >= 0.6 is 0 Å². The van der Waals surface area contributed by atoms with Crippen LogP contribution in [-0.4, -0.2) is 0 Å². The summed E-state index contributed by atoms with van der Waals surface area (Å²) in [5.74, 6) is 1.69. The van der Waals surface area contributed by atoms with Crippen molar-refractivity contribution in [2.45, 2.75) is 283 Å². The van der Waals surface area contributed by atoms with Gasteiger partial charge in [0.25, 0.3) is 0 Å². The number of hydrogen-bond donors (Lipinski definition) is 0. The van der Waals surface area contributed by atoms with Crippen LogP contribution in [0.1, 0.15) is 293 Å². The average molecular weight is 1510 g/mol. The van der Waals surface area contributed by atoms with Crippen molar-refractivity contribution < 1.29 is 32.4 Å². The topological polar surface area (TPSA) is 19.4 Å². The third-order valence-electron chi connectivity index (χ3n) is 25.8. The maximum absolute atomic E-state index is 9.01. The third-order valence-corrected chi connectivity index (χ3v) is 25.8. The Hall–Kier alpha value is -8.15. The summed E-state index contributed by atoms with van der Waals surface area (Å²) in [6, 6.07) is 48.9. The van der Waals surface area contributed by atoms with E-state index in [1.807, 2.05) is 55.9 Å². The molecule has 0 spiro atoms. The molecule has 0 N–H and O–H groups in total. The van der Waals surface area contributed by atoms with Crippen LogP contribution < -0.4 is 22.8 Å². The largest absolute Gasteiger partial charge is 0.212 e. The smallest absolute Gasteiger partial charge is 0.201 e. The van der Waals surface area contributed by atoms with Crippen LogP contribution in [0.15, 0.2) is 171 Å². The molecular weight excluding hydrogens is 1360 g/mol. The van der Waals surface area contributed by atoms with E-state index in [2.05, 4.69) is 335 Å². The predicted molar refractivity (Wildman–Crippen MR) is 479 cm³/mol. The summed E-state index contributed by atoms with van der Waals surface area (Å²) in [4.78, 5) is 0. The van der Waals surface area contributed by atoms with E-state index in [-0.39, 0.29) is 44.3 Å². The zero-order valence-corrected chi connectivity index (χ0v) is 75.5. The molecule has 0 bridgehead atoms. The molecule has 5 nitrogen and oxygen atoms in total. The van der Waals surface area contributed by atoms with Gasteiger partial charge in [0.2, 0.25) is 28.5 Å². The molecule has 0 saturated carbocycles. The highest BCUT2D eigenvalue weighted by Crippen LogP contribution is 2.50. The molecule has 0 atom stereocenters. The van der Waals surface area contributed by atoms with E-state index in [4.69, 9.17) is 9.60 Å². The second kappa shape index (κ2) is 34.5. The van der Waals surface area contributed by atoms with Crippen LogP contribution in [-0.2, 0) is 67.7 Å². The molecule has 5 heterocycles. The molecule has 0 fully saturated rings. The molecule has 10 aromatic rings. The minimum absolute atomic E-state index is 0.153. The quantitative estimate of drug-likeness (QED) is 0.115. The zero-order valence-electron chi connectivity index (χ0n) is 82.5. The first-order valence-electron chi connectivity index (χ1n) is 45.4. The first-order valence-corrected chi connectivity index (χ1v) is 41.9. The highest BCUT2D eigenvalue weighted by Gasteiger charge is 2.43. The van der Waals surface area contributed by atoms with Crippen LogP contribution in [0, 0.1) is 85.8 Å². The molecule has 0 saturated heterocycles. The summed E-state index contributed by atoms with van der Waals surface area (Å²) in [7, 11) is 10.6. The Morgan fingerprint density at radius 2 is 0.545 bits per heavy atom. The summed E-state index contributed by atoms with van der Waals surface area (Å²) >= 11 is 0. The molecule has 5 aromatic heterocycles. The minimum Gasteiger partial charge on any atom is -0.201 e. The Labute approximate surface area is 692 Å². The highest BCUT2D eigenvalue weighted by atomic mass is 14.9. The standard InChI is InChI=1S/2C22H30N.C21H28N.2C21H30N/c2*1-15-8-9-17(16(2)12-15)20-13-18-19(14-23(20)7)22(5,6)11-10-21(18,3)4;1-15-9-7-8-10-16(15)19-13-17-18(14-22(19)6)21(4,5)12-11-20(17,2)3;2*1-14(2)21(15(3)4)18-9-11-20(22(7)13-18)19-10-8-16(5)12-17(19)6/h2*8-9,12-14H,10-11H2,1-7H3;7-10,13-14H,11-12H2,1-6H3;2*8-15,21H,1-7H3/q5*+1/i1D3;;;5D3,21D;.